The lowest BCUT2D eigenvalue weighted by Gasteiger charge is -2.25. The zero-order chi connectivity index (χ0) is 14.6. The van der Waals surface area contributed by atoms with Gasteiger partial charge in [-0.3, -0.25) is 0 Å². The summed E-state index contributed by atoms with van der Waals surface area (Å²) in [7, 11) is -3.65. The van der Waals surface area contributed by atoms with Crippen molar-refractivity contribution >= 4 is 10.0 Å². The molecule has 0 saturated carbocycles. The van der Waals surface area contributed by atoms with Crippen molar-refractivity contribution in [3.05, 3.63) is 29.3 Å². The second kappa shape index (κ2) is 6.15. The normalized spacial score (nSPS) is 11.8. The third-order valence-electron chi connectivity index (χ3n) is 2.79. The lowest BCUT2D eigenvalue weighted by atomic mass is 10.2. The van der Waals surface area contributed by atoms with Crippen LogP contribution in [0, 0.1) is 18.3 Å². The average molecular weight is 282 g/mol. The number of nitrogens with zero attached hydrogens (tertiary/aromatic N) is 2. The third-order valence-corrected chi connectivity index (χ3v) is 5.02. The van der Waals surface area contributed by atoms with Crippen LogP contribution in [-0.4, -0.2) is 37.0 Å². The SMILES string of the molecule is Cc1cc(C#N)ccc1S(=O)(=O)N(CCO)C(C)C. The molecule has 0 aliphatic carbocycles. The Labute approximate surface area is 114 Å². The van der Waals surface area contributed by atoms with Gasteiger partial charge in [0.1, 0.15) is 0 Å². The molecule has 0 aliphatic heterocycles. The molecule has 1 rings (SSSR count). The molecule has 5 nitrogen and oxygen atoms in total. The van der Waals surface area contributed by atoms with Crippen LogP contribution in [-0.2, 0) is 10.0 Å². The Balaban J connectivity index is 3.30. The van der Waals surface area contributed by atoms with E-state index in [4.69, 9.17) is 10.4 Å². The van der Waals surface area contributed by atoms with Crippen LogP contribution in [0.2, 0.25) is 0 Å². The number of hydrogen-bond donors (Lipinski definition) is 1. The molecule has 1 aromatic carbocycles. The third kappa shape index (κ3) is 3.32. The van der Waals surface area contributed by atoms with Gasteiger partial charge in [-0.1, -0.05) is 0 Å². The monoisotopic (exact) mass is 282 g/mol. The average Bonchev–Trinajstić information content (AvgIpc) is 2.34. The summed E-state index contributed by atoms with van der Waals surface area (Å²) in [5, 5.41) is 17.8. The summed E-state index contributed by atoms with van der Waals surface area (Å²) in [5.41, 5.74) is 0.956. The van der Waals surface area contributed by atoms with Gasteiger partial charge in [0.15, 0.2) is 0 Å². The summed E-state index contributed by atoms with van der Waals surface area (Å²) in [6.07, 6.45) is 0. The van der Waals surface area contributed by atoms with Crippen molar-refractivity contribution in [2.24, 2.45) is 0 Å². The molecule has 0 aromatic heterocycles. The molecule has 0 fully saturated rings. The molecule has 0 spiro atoms. The molecule has 0 bridgehead atoms. The second-order valence-corrected chi connectivity index (χ2v) is 6.38. The van der Waals surface area contributed by atoms with Crippen molar-refractivity contribution in [2.75, 3.05) is 13.2 Å². The Bertz CT molecular complexity index is 588. The van der Waals surface area contributed by atoms with Crippen LogP contribution in [0.3, 0.4) is 0 Å². The van der Waals surface area contributed by atoms with Gasteiger partial charge in [-0.15, -0.1) is 0 Å². The lowest BCUT2D eigenvalue weighted by Crippen LogP contribution is -2.39. The maximum absolute atomic E-state index is 12.5. The van der Waals surface area contributed by atoms with Gasteiger partial charge in [0.25, 0.3) is 0 Å². The fourth-order valence-electron chi connectivity index (χ4n) is 1.89. The number of benzene rings is 1. The first kappa shape index (κ1) is 15.6. The molecule has 0 amide bonds. The Kier molecular flexibility index (Phi) is 5.06. The van der Waals surface area contributed by atoms with Crippen molar-refractivity contribution < 1.29 is 13.5 Å². The summed E-state index contributed by atoms with van der Waals surface area (Å²) in [4.78, 5) is 0.175. The largest absolute Gasteiger partial charge is 0.395 e. The maximum Gasteiger partial charge on any atom is 0.243 e. The van der Waals surface area contributed by atoms with Gasteiger partial charge in [-0.2, -0.15) is 9.57 Å². The second-order valence-electron chi connectivity index (χ2n) is 4.53. The van der Waals surface area contributed by atoms with Gasteiger partial charge in [-0.05, 0) is 44.5 Å². The number of aliphatic hydroxyl groups is 1. The Morgan fingerprint density at radius 1 is 1.42 bits per heavy atom. The van der Waals surface area contributed by atoms with Gasteiger partial charge < -0.3 is 5.11 Å². The molecule has 1 N–H and O–H groups in total. The van der Waals surface area contributed by atoms with Crippen molar-refractivity contribution in [2.45, 2.75) is 31.7 Å². The van der Waals surface area contributed by atoms with Gasteiger partial charge >= 0.3 is 0 Å². The van der Waals surface area contributed by atoms with E-state index in [0.717, 1.165) is 0 Å². The highest BCUT2D eigenvalue weighted by Crippen LogP contribution is 2.22. The van der Waals surface area contributed by atoms with Gasteiger partial charge in [0.2, 0.25) is 10.0 Å². The van der Waals surface area contributed by atoms with E-state index in [1.54, 1.807) is 26.8 Å². The number of aliphatic hydroxyl groups excluding tert-OH is 1. The predicted octanol–water partition coefficient (Wildman–Crippen LogP) is 1.26. The number of sulfonamides is 1. The first-order valence-corrected chi connectivity index (χ1v) is 7.42. The van der Waals surface area contributed by atoms with E-state index in [0.29, 0.717) is 11.1 Å². The van der Waals surface area contributed by atoms with E-state index in [1.807, 2.05) is 6.07 Å². The summed E-state index contributed by atoms with van der Waals surface area (Å²) in [6.45, 7) is 5.00. The summed E-state index contributed by atoms with van der Waals surface area (Å²) in [5.74, 6) is 0. The molecule has 0 unspecified atom stereocenters. The standard InChI is InChI=1S/C13H18N2O3S/c1-10(2)15(6-7-16)19(17,18)13-5-4-12(9-14)8-11(13)3/h4-5,8,10,16H,6-7H2,1-3H3. The van der Waals surface area contributed by atoms with Gasteiger partial charge in [-0.25, -0.2) is 8.42 Å². The van der Waals surface area contributed by atoms with Crippen molar-refractivity contribution in [1.29, 1.82) is 5.26 Å². The minimum absolute atomic E-state index is 0.0550. The zero-order valence-corrected chi connectivity index (χ0v) is 12.1. The van der Waals surface area contributed by atoms with Crippen LogP contribution in [0.4, 0.5) is 0 Å². The van der Waals surface area contributed by atoms with Crippen molar-refractivity contribution in [3.63, 3.8) is 0 Å². The Hall–Kier alpha value is -1.42. The van der Waals surface area contributed by atoms with Gasteiger partial charge in [0.05, 0.1) is 23.1 Å². The highest BCUT2D eigenvalue weighted by atomic mass is 32.2. The maximum atomic E-state index is 12.5. The molecule has 0 heterocycles. The molecule has 0 saturated heterocycles. The number of aryl methyl sites for hydroxylation is 1. The van der Waals surface area contributed by atoms with Crippen LogP contribution in [0.25, 0.3) is 0 Å². The molecular weight excluding hydrogens is 264 g/mol. The number of nitriles is 1. The summed E-state index contributed by atoms with van der Waals surface area (Å²) in [6, 6.07) is 6.20. The van der Waals surface area contributed by atoms with Crippen molar-refractivity contribution in [3.8, 4) is 6.07 Å². The molecule has 6 heteroatoms. The molecule has 0 radical (unpaired) electrons. The van der Waals surface area contributed by atoms with E-state index in [2.05, 4.69) is 0 Å². The first-order valence-electron chi connectivity index (χ1n) is 5.98. The Morgan fingerprint density at radius 3 is 2.47 bits per heavy atom. The fourth-order valence-corrected chi connectivity index (χ4v) is 3.72. The van der Waals surface area contributed by atoms with Crippen LogP contribution in [0.5, 0.6) is 0 Å². The summed E-state index contributed by atoms with van der Waals surface area (Å²) < 4.78 is 26.3. The Morgan fingerprint density at radius 2 is 2.05 bits per heavy atom. The smallest absolute Gasteiger partial charge is 0.243 e. The first-order chi connectivity index (χ1) is 8.84. The molecule has 19 heavy (non-hydrogen) atoms. The minimum atomic E-state index is -3.65. The van der Waals surface area contributed by atoms with Crippen LogP contribution >= 0.6 is 0 Å². The lowest BCUT2D eigenvalue weighted by molar-refractivity contribution is 0.236. The predicted molar refractivity (Wildman–Crippen MR) is 72.0 cm³/mol. The topological polar surface area (TPSA) is 81.4 Å². The highest BCUT2D eigenvalue weighted by Gasteiger charge is 2.27. The number of rotatable bonds is 5. The minimum Gasteiger partial charge on any atom is -0.395 e. The summed E-state index contributed by atoms with van der Waals surface area (Å²) >= 11 is 0. The molecule has 0 aliphatic rings. The molecule has 1 aromatic rings. The van der Waals surface area contributed by atoms with Gasteiger partial charge in [0, 0.05) is 12.6 Å². The van der Waals surface area contributed by atoms with E-state index >= 15 is 0 Å². The van der Waals surface area contributed by atoms with Crippen LogP contribution in [0.1, 0.15) is 25.0 Å². The molecular formula is C13H18N2O3S. The van der Waals surface area contributed by atoms with E-state index in [-0.39, 0.29) is 24.1 Å². The fraction of sp³-hybridized carbons (Fsp3) is 0.462. The van der Waals surface area contributed by atoms with E-state index < -0.39 is 10.0 Å². The number of hydrogen-bond acceptors (Lipinski definition) is 4. The highest BCUT2D eigenvalue weighted by molar-refractivity contribution is 7.89. The van der Waals surface area contributed by atoms with Crippen molar-refractivity contribution in [1.82, 2.24) is 4.31 Å². The van der Waals surface area contributed by atoms with E-state index in [1.165, 1.54) is 16.4 Å². The quantitative estimate of drug-likeness (QED) is 0.881. The zero-order valence-electron chi connectivity index (χ0n) is 11.3. The van der Waals surface area contributed by atoms with Crippen LogP contribution < -0.4 is 0 Å². The molecule has 0 atom stereocenters. The van der Waals surface area contributed by atoms with Crippen LogP contribution in [0.15, 0.2) is 23.1 Å². The molecule has 104 valence electrons. The van der Waals surface area contributed by atoms with E-state index in [9.17, 15) is 8.42 Å².